The van der Waals surface area contributed by atoms with E-state index in [9.17, 15) is 5.11 Å². The molecule has 2 rings (SSSR count). The summed E-state index contributed by atoms with van der Waals surface area (Å²) < 4.78 is 5.31. The molecular weight excluding hydrogens is 188 g/mol. The first kappa shape index (κ1) is 10.5. The fourth-order valence-corrected chi connectivity index (χ4v) is 2.42. The number of hydrogen-bond acceptors (Lipinski definition) is 2. The van der Waals surface area contributed by atoms with Crippen LogP contribution in [-0.4, -0.2) is 18.3 Å². The quantitative estimate of drug-likeness (QED) is 0.823. The van der Waals surface area contributed by atoms with Gasteiger partial charge in [0.2, 0.25) is 0 Å². The van der Waals surface area contributed by atoms with Crippen LogP contribution in [0.3, 0.4) is 0 Å². The minimum Gasteiger partial charge on any atom is -0.496 e. The number of benzene rings is 1. The van der Waals surface area contributed by atoms with Crippen LogP contribution in [0, 0.1) is 6.92 Å². The summed E-state index contributed by atoms with van der Waals surface area (Å²) in [6, 6.07) is 6.08. The van der Waals surface area contributed by atoms with Crippen LogP contribution in [-0.2, 0) is 5.41 Å². The van der Waals surface area contributed by atoms with Crippen LogP contribution in [0.5, 0.6) is 5.75 Å². The maximum Gasteiger partial charge on any atom is 0.122 e. The van der Waals surface area contributed by atoms with E-state index in [1.165, 1.54) is 11.1 Å². The summed E-state index contributed by atoms with van der Waals surface area (Å²) in [6.07, 6.45) is 1.89. The summed E-state index contributed by atoms with van der Waals surface area (Å²) >= 11 is 0. The van der Waals surface area contributed by atoms with Gasteiger partial charge in [-0.05, 0) is 43.9 Å². The molecule has 0 bridgehead atoms. The molecule has 1 saturated carbocycles. The molecule has 1 aromatic rings. The van der Waals surface area contributed by atoms with Gasteiger partial charge < -0.3 is 9.84 Å². The normalized spacial score (nSPS) is 19.7. The van der Waals surface area contributed by atoms with E-state index in [1.54, 1.807) is 7.11 Å². The first-order valence-corrected chi connectivity index (χ1v) is 5.44. The monoisotopic (exact) mass is 206 g/mol. The van der Waals surface area contributed by atoms with Gasteiger partial charge in [0.05, 0.1) is 13.2 Å². The van der Waals surface area contributed by atoms with E-state index in [-0.39, 0.29) is 11.5 Å². The van der Waals surface area contributed by atoms with Crippen molar-refractivity contribution in [2.45, 2.75) is 38.2 Å². The van der Waals surface area contributed by atoms with Gasteiger partial charge in [-0.3, -0.25) is 0 Å². The highest BCUT2D eigenvalue weighted by Crippen LogP contribution is 2.52. The summed E-state index contributed by atoms with van der Waals surface area (Å²) in [5.74, 6) is 0.916. The van der Waals surface area contributed by atoms with Gasteiger partial charge in [-0.1, -0.05) is 12.1 Å². The molecule has 15 heavy (non-hydrogen) atoms. The molecule has 2 heteroatoms. The summed E-state index contributed by atoms with van der Waals surface area (Å²) in [5.41, 5.74) is 2.41. The van der Waals surface area contributed by atoms with Crippen molar-refractivity contribution < 1.29 is 9.84 Å². The highest BCUT2D eigenvalue weighted by molar-refractivity contribution is 5.46. The largest absolute Gasteiger partial charge is 0.496 e. The average Bonchev–Trinajstić information content (AvgIpc) is 2.99. The van der Waals surface area contributed by atoms with Crippen LogP contribution in [0.15, 0.2) is 18.2 Å². The Balaban J connectivity index is 2.45. The third kappa shape index (κ3) is 1.53. The molecule has 82 valence electrons. The molecule has 1 fully saturated rings. The molecule has 0 saturated heterocycles. The van der Waals surface area contributed by atoms with Gasteiger partial charge in [0.15, 0.2) is 0 Å². The summed E-state index contributed by atoms with van der Waals surface area (Å²) in [4.78, 5) is 0. The number of methoxy groups -OCH3 is 1. The highest BCUT2D eigenvalue weighted by Gasteiger charge is 2.49. The maximum atomic E-state index is 9.84. The molecule has 0 aliphatic heterocycles. The van der Waals surface area contributed by atoms with Crippen LogP contribution in [0.2, 0.25) is 0 Å². The van der Waals surface area contributed by atoms with Crippen LogP contribution in [0.25, 0.3) is 0 Å². The molecular formula is C13H18O2. The molecule has 0 heterocycles. The van der Waals surface area contributed by atoms with Gasteiger partial charge in [0.25, 0.3) is 0 Å². The van der Waals surface area contributed by atoms with Crippen molar-refractivity contribution in [3.8, 4) is 5.75 Å². The van der Waals surface area contributed by atoms with E-state index >= 15 is 0 Å². The molecule has 0 amide bonds. The summed E-state index contributed by atoms with van der Waals surface area (Å²) in [5, 5.41) is 9.84. The fraction of sp³-hybridized carbons (Fsp3) is 0.538. The van der Waals surface area contributed by atoms with Gasteiger partial charge >= 0.3 is 0 Å². The molecule has 1 atom stereocenters. The van der Waals surface area contributed by atoms with Crippen LogP contribution >= 0.6 is 0 Å². The second-order valence-corrected chi connectivity index (χ2v) is 4.46. The lowest BCUT2D eigenvalue weighted by molar-refractivity contribution is 0.150. The predicted molar refractivity (Wildman–Crippen MR) is 60.3 cm³/mol. The smallest absolute Gasteiger partial charge is 0.122 e. The van der Waals surface area contributed by atoms with Gasteiger partial charge in [-0.25, -0.2) is 0 Å². The minimum absolute atomic E-state index is 0.00137. The molecule has 0 aromatic heterocycles. The van der Waals surface area contributed by atoms with Gasteiger partial charge in [-0.2, -0.15) is 0 Å². The van der Waals surface area contributed by atoms with E-state index in [4.69, 9.17) is 4.74 Å². The molecule has 0 spiro atoms. The van der Waals surface area contributed by atoms with Gasteiger partial charge in [0, 0.05) is 5.41 Å². The van der Waals surface area contributed by atoms with Gasteiger partial charge in [-0.15, -0.1) is 0 Å². The van der Waals surface area contributed by atoms with E-state index in [1.807, 2.05) is 19.1 Å². The molecule has 1 N–H and O–H groups in total. The van der Waals surface area contributed by atoms with Crippen molar-refractivity contribution in [3.05, 3.63) is 29.3 Å². The second kappa shape index (κ2) is 3.53. The van der Waals surface area contributed by atoms with Crippen molar-refractivity contribution in [1.29, 1.82) is 0 Å². The van der Waals surface area contributed by atoms with E-state index in [0.29, 0.717) is 0 Å². The molecule has 1 unspecified atom stereocenters. The van der Waals surface area contributed by atoms with Crippen molar-refractivity contribution in [3.63, 3.8) is 0 Å². The fourth-order valence-electron chi connectivity index (χ4n) is 2.42. The standard InChI is InChI=1S/C13H18O2/c1-9-11(5-4-6-12(9)15-3)13(7-8-13)10(2)14/h4-6,10,14H,7-8H2,1-3H3. The first-order chi connectivity index (χ1) is 7.12. The van der Waals surface area contributed by atoms with E-state index in [0.717, 1.165) is 18.6 Å². The zero-order chi connectivity index (χ0) is 11.1. The SMILES string of the molecule is COc1cccc(C2(C(C)O)CC2)c1C. The molecule has 1 aliphatic rings. The molecule has 2 nitrogen and oxygen atoms in total. The summed E-state index contributed by atoms with van der Waals surface area (Å²) in [6.45, 7) is 3.95. The number of rotatable bonds is 3. The Kier molecular flexibility index (Phi) is 2.47. The zero-order valence-electron chi connectivity index (χ0n) is 9.58. The Labute approximate surface area is 90.9 Å². The lowest BCUT2D eigenvalue weighted by Gasteiger charge is -2.22. The Morgan fingerprint density at radius 3 is 2.53 bits per heavy atom. The average molecular weight is 206 g/mol. The number of ether oxygens (including phenoxy) is 1. The van der Waals surface area contributed by atoms with Crippen molar-refractivity contribution in [1.82, 2.24) is 0 Å². The van der Waals surface area contributed by atoms with Crippen LogP contribution in [0.1, 0.15) is 30.9 Å². The molecule has 1 aliphatic carbocycles. The Bertz CT molecular complexity index is 365. The highest BCUT2D eigenvalue weighted by atomic mass is 16.5. The van der Waals surface area contributed by atoms with E-state index in [2.05, 4.69) is 13.0 Å². The lowest BCUT2D eigenvalue weighted by Crippen LogP contribution is -2.23. The van der Waals surface area contributed by atoms with Crippen LogP contribution < -0.4 is 4.74 Å². The summed E-state index contributed by atoms with van der Waals surface area (Å²) in [7, 11) is 1.69. The Morgan fingerprint density at radius 1 is 1.40 bits per heavy atom. The minimum atomic E-state index is -0.275. The second-order valence-electron chi connectivity index (χ2n) is 4.46. The Morgan fingerprint density at radius 2 is 2.07 bits per heavy atom. The maximum absolute atomic E-state index is 9.84. The molecule has 0 radical (unpaired) electrons. The Hall–Kier alpha value is -1.02. The van der Waals surface area contributed by atoms with Crippen molar-refractivity contribution >= 4 is 0 Å². The number of hydrogen-bond donors (Lipinski definition) is 1. The lowest BCUT2D eigenvalue weighted by atomic mass is 9.87. The first-order valence-electron chi connectivity index (χ1n) is 5.44. The third-order valence-electron chi connectivity index (χ3n) is 3.63. The molecule has 1 aromatic carbocycles. The third-order valence-corrected chi connectivity index (χ3v) is 3.63. The number of aliphatic hydroxyl groups excluding tert-OH is 1. The van der Waals surface area contributed by atoms with Crippen LogP contribution in [0.4, 0.5) is 0 Å². The van der Waals surface area contributed by atoms with E-state index < -0.39 is 0 Å². The number of aliphatic hydroxyl groups is 1. The predicted octanol–water partition coefficient (Wildman–Crippen LogP) is 2.42. The van der Waals surface area contributed by atoms with Crippen molar-refractivity contribution in [2.75, 3.05) is 7.11 Å². The topological polar surface area (TPSA) is 29.5 Å². The van der Waals surface area contributed by atoms with Crippen molar-refractivity contribution in [2.24, 2.45) is 0 Å². The zero-order valence-corrected chi connectivity index (χ0v) is 9.58. The van der Waals surface area contributed by atoms with Gasteiger partial charge in [0.1, 0.15) is 5.75 Å².